The number of carbonyl (C=O) groups excluding carboxylic acids is 1. The van der Waals surface area contributed by atoms with E-state index in [1.165, 1.54) is 11.1 Å². The molecule has 112 valence electrons. The molecule has 3 rings (SSSR count). The highest BCUT2D eigenvalue weighted by molar-refractivity contribution is 5.80. The van der Waals surface area contributed by atoms with E-state index < -0.39 is 0 Å². The van der Waals surface area contributed by atoms with Gasteiger partial charge in [-0.05, 0) is 50.5 Å². The van der Waals surface area contributed by atoms with Gasteiger partial charge >= 0.3 is 0 Å². The standard InChI is InChI=1S/C18H24N2O/c1-19-11-7-17(8-12-19)18(21)20-13-9-16(10-14-20)15-5-3-2-4-6-15/h2-6,9,17H,7-8,10-14H2,1H3. The molecule has 0 atom stereocenters. The molecule has 0 spiro atoms. The highest BCUT2D eigenvalue weighted by atomic mass is 16.2. The summed E-state index contributed by atoms with van der Waals surface area (Å²) in [6.45, 7) is 3.74. The Kier molecular flexibility index (Phi) is 4.39. The summed E-state index contributed by atoms with van der Waals surface area (Å²) in [4.78, 5) is 16.9. The van der Waals surface area contributed by atoms with Crippen molar-refractivity contribution >= 4 is 11.5 Å². The molecule has 0 N–H and O–H groups in total. The van der Waals surface area contributed by atoms with Crippen LogP contribution in [0.3, 0.4) is 0 Å². The molecule has 1 aromatic rings. The van der Waals surface area contributed by atoms with Crippen molar-refractivity contribution in [3.63, 3.8) is 0 Å². The maximum atomic E-state index is 12.6. The van der Waals surface area contributed by atoms with Crippen molar-refractivity contribution in [3.05, 3.63) is 42.0 Å². The van der Waals surface area contributed by atoms with Crippen LogP contribution in [-0.2, 0) is 4.79 Å². The van der Waals surface area contributed by atoms with E-state index in [1.807, 2.05) is 11.0 Å². The van der Waals surface area contributed by atoms with Crippen LogP contribution in [0.1, 0.15) is 24.8 Å². The monoisotopic (exact) mass is 284 g/mol. The van der Waals surface area contributed by atoms with Crippen LogP contribution in [0.15, 0.2) is 36.4 Å². The summed E-state index contributed by atoms with van der Waals surface area (Å²) >= 11 is 0. The third-order valence-electron chi connectivity index (χ3n) is 4.73. The highest BCUT2D eigenvalue weighted by Crippen LogP contribution is 2.25. The predicted octanol–water partition coefficient (Wildman–Crippen LogP) is 2.64. The molecule has 0 aromatic heterocycles. The van der Waals surface area contributed by atoms with Crippen LogP contribution in [0.25, 0.3) is 5.57 Å². The summed E-state index contributed by atoms with van der Waals surface area (Å²) in [5.74, 6) is 0.610. The van der Waals surface area contributed by atoms with Gasteiger partial charge in [0.05, 0.1) is 0 Å². The quantitative estimate of drug-likeness (QED) is 0.833. The van der Waals surface area contributed by atoms with E-state index in [-0.39, 0.29) is 5.92 Å². The zero-order chi connectivity index (χ0) is 14.7. The molecule has 3 heteroatoms. The highest BCUT2D eigenvalue weighted by Gasteiger charge is 2.28. The van der Waals surface area contributed by atoms with Gasteiger partial charge in [-0.3, -0.25) is 4.79 Å². The fourth-order valence-corrected chi connectivity index (χ4v) is 3.30. The number of rotatable bonds is 2. The number of hydrogen-bond donors (Lipinski definition) is 0. The van der Waals surface area contributed by atoms with E-state index in [2.05, 4.69) is 42.3 Å². The van der Waals surface area contributed by atoms with Gasteiger partial charge in [0.2, 0.25) is 5.91 Å². The second-order valence-corrected chi connectivity index (χ2v) is 6.21. The van der Waals surface area contributed by atoms with E-state index in [0.717, 1.165) is 45.4 Å². The molecule has 1 fully saturated rings. The molecule has 1 aromatic carbocycles. The largest absolute Gasteiger partial charge is 0.338 e. The van der Waals surface area contributed by atoms with Crippen molar-refractivity contribution < 1.29 is 4.79 Å². The van der Waals surface area contributed by atoms with E-state index in [9.17, 15) is 4.79 Å². The summed E-state index contributed by atoms with van der Waals surface area (Å²) < 4.78 is 0. The molecule has 0 bridgehead atoms. The average Bonchev–Trinajstić information content (AvgIpc) is 2.56. The maximum absolute atomic E-state index is 12.6. The number of hydrogen-bond acceptors (Lipinski definition) is 2. The van der Waals surface area contributed by atoms with Crippen molar-refractivity contribution in [3.8, 4) is 0 Å². The Balaban J connectivity index is 1.60. The fourth-order valence-electron chi connectivity index (χ4n) is 3.30. The SMILES string of the molecule is CN1CCC(C(=O)N2CC=C(c3ccccc3)CC2)CC1. The predicted molar refractivity (Wildman–Crippen MR) is 85.8 cm³/mol. The number of amides is 1. The van der Waals surface area contributed by atoms with Gasteiger partial charge in [-0.2, -0.15) is 0 Å². The molecular weight excluding hydrogens is 260 g/mol. The number of piperidine rings is 1. The Labute approximate surface area is 127 Å². The summed E-state index contributed by atoms with van der Waals surface area (Å²) in [7, 11) is 2.14. The van der Waals surface area contributed by atoms with Gasteiger partial charge in [0.1, 0.15) is 0 Å². The van der Waals surface area contributed by atoms with Crippen molar-refractivity contribution in [1.29, 1.82) is 0 Å². The van der Waals surface area contributed by atoms with E-state index in [4.69, 9.17) is 0 Å². The Hall–Kier alpha value is -1.61. The second-order valence-electron chi connectivity index (χ2n) is 6.21. The first-order chi connectivity index (χ1) is 10.2. The zero-order valence-corrected chi connectivity index (χ0v) is 12.8. The van der Waals surface area contributed by atoms with Crippen LogP contribution < -0.4 is 0 Å². The van der Waals surface area contributed by atoms with E-state index >= 15 is 0 Å². The van der Waals surface area contributed by atoms with Crippen LogP contribution in [0.4, 0.5) is 0 Å². The molecule has 0 saturated carbocycles. The van der Waals surface area contributed by atoms with Crippen LogP contribution in [0.2, 0.25) is 0 Å². The van der Waals surface area contributed by atoms with Gasteiger partial charge in [-0.1, -0.05) is 36.4 Å². The topological polar surface area (TPSA) is 23.6 Å². The number of carbonyl (C=O) groups is 1. The molecule has 2 aliphatic rings. The molecule has 2 aliphatic heterocycles. The van der Waals surface area contributed by atoms with Gasteiger partial charge in [0, 0.05) is 19.0 Å². The second kappa shape index (κ2) is 6.44. The van der Waals surface area contributed by atoms with Crippen LogP contribution in [0, 0.1) is 5.92 Å². The van der Waals surface area contributed by atoms with Crippen LogP contribution in [-0.4, -0.2) is 48.9 Å². The van der Waals surface area contributed by atoms with Gasteiger partial charge in [-0.15, -0.1) is 0 Å². The summed E-state index contributed by atoms with van der Waals surface area (Å²) in [5, 5.41) is 0. The van der Waals surface area contributed by atoms with Crippen molar-refractivity contribution in [2.75, 3.05) is 33.2 Å². The Bertz CT molecular complexity index is 515. The van der Waals surface area contributed by atoms with Gasteiger partial charge in [0.25, 0.3) is 0 Å². The van der Waals surface area contributed by atoms with Crippen molar-refractivity contribution in [1.82, 2.24) is 9.80 Å². The number of likely N-dealkylation sites (tertiary alicyclic amines) is 1. The summed E-state index contributed by atoms with van der Waals surface area (Å²) in [6.07, 6.45) is 5.23. The molecule has 1 amide bonds. The first-order valence-electron chi connectivity index (χ1n) is 7.96. The molecule has 1 saturated heterocycles. The van der Waals surface area contributed by atoms with Gasteiger partial charge < -0.3 is 9.80 Å². The third-order valence-corrected chi connectivity index (χ3v) is 4.73. The number of benzene rings is 1. The molecule has 21 heavy (non-hydrogen) atoms. The molecular formula is C18H24N2O. The minimum absolute atomic E-state index is 0.243. The normalized spacial score (nSPS) is 21.2. The molecule has 0 unspecified atom stereocenters. The van der Waals surface area contributed by atoms with E-state index in [0.29, 0.717) is 5.91 Å². The fraction of sp³-hybridized carbons (Fsp3) is 0.500. The zero-order valence-electron chi connectivity index (χ0n) is 12.8. The Morgan fingerprint density at radius 2 is 1.81 bits per heavy atom. The molecule has 0 radical (unpaired) electrons. The van der Waals surface area contributed by atoms with Crippen molar-refractivity contribution in [2.45, 2.75) is 19.3 Å². The summed E-state index contributed by atoms with van der Waals surface area (Å²) in [6, 6.07) is 10.5. The van der Waals surface area contributed by atoms with Gasteiger partial charge in [0.15, 0.2) is 0 Å². The summed E-state index contributed by atoms with van der Waals surface area (Å²) in [5.41, 5.74) is 2.67. The van der Waals surface area contributed by atoms with Gasteiger partial charge in [-0.25, -0.2) is 0 Å². The van der Waals surface area contributed by atoms with Crippen LogP contribution in [0.5, 0.6) is 0 Å². The molecule has 0 aliphatic carbocycles. The Morgan fingerprint density at radius 3 is 2.43 bits per heavy atom. The minimum atomic E-state index is 0.243. The average molecular weight is 284 g/mol. The Morgan fingerprint density at radius 1 is 1.10 bits per heavy atom. The minimum Gasteiger partial charge on any atom is -0.338 e. The first-order valence-corrected chi connectivity index (χ1v) is 7.96. The molecule has 3 nitrogen and oxygen atoms in total. The third kappa shape index (κ3) is 3.35. The molecule has 2 heterocycles. The lowest BCUT2D eigenvalue weighted by Gasteiger charge is -2.34. The van der Waals surface area contributed by atoms with Crippen molar-refractivity contribution in [2.24, 2.45) is 5.92 Å². The first kappa shape index (κ1) is 14.3. The lowest BCUT2D eigenvalue weighted by molar-refractivity contribution is -0.136. The lowest BCUT2D eigenvalue weighted by Crippen LogP contribution is -2.43. The van der Waals surface area contributed by atoms with E-state index in [1.54, 1.807) is 0 Å². The number of nitrogens with zero attached hydrogens (tertiary/aromatic N) is 2. The smallest absolute Gasteiger partial charge is 0.226 e. The lowest BCUT2D eigenvalue weighted by atomic mass is 9.94. The van der Waals surface area contributed by atoms with Crippen LogP contribution >= 0.6 is 0 Å². The maximum Gasteiger partial charge on any atom is 0.226 e.